The van der Waals surface area contributed by atoms with Gasteiger partial charge >= 0.3 is 6.09 Å². The number of benzene rings is 2. The highest BCUT2D eigenvalue weighted by Crippen LogP contribution is 2.39. The second-order valence-corrected chi connectivity index (χ2v) is 6.89. The van der Waals surface area contributed by atoms with Gasteiger partial charge in [0.05, 0.1) is 12.0 Å². The third-order valence-corrected chi connectivity index (χ3v) is 5.15. The summed E-state index contributed by atoms with van der Waals surface area (Å²) in [5.41, 5.74) is 1.77. The highest BCUT2D eigenvalue weighted by atomic mass is 35.5. The fourth-order valence-corrected chi connectivity index (χ4v) is 3.71. The van der Waals surface area contributed by atoms with Gasteiger partial charge in [0.2, 0.25) is 5.91 Å². The number of cyclic esters (lactones) is 1. The van der Waals surface area contributed by atoms with E-state index in [1.165, 1.54) is 4.90 Å². The molecule has 2 aromatic rings. The van der Waals surface area contributed by atoms with E-state index in [4.69, 9.17) is 21.1 Å². The van der Waals surface area contributed by atoms with E-state index in [0.29, 0.717) is 18.1 Å². The fourth-order valence-electron chi connectivity index (χ4n) is 3.59. The van der Waals surface area contributed by atoms with Crippen LogP contribution in [0.3, 0.4) is 0 Å². The lowest BCUT2D eigenvalue weighted by Crippen LogP contribution is -2.39. The lowest BCUT2D eigenvalue weighted by Gasteiger charge is -2.25. The summed E-state index contributed by atoms with van der Waals surface area (Å²) in [4.78, 5) is 26.7. The molecule has 0 aromatic heterocycles. The Kier molecular flexibility index (Phi) is 4.66. The van der Waals surface area contributed by atoms with Crippen LogP contribution in [-0.4, -0.2) is 30.1 Å². The Balaban J connectivity index is 1.60. The first kappa shape index (κ1) is 17.1. The number of carbonyl (C=O) groups excluding carboxylic acids is 2. The normalized spacial score (nSPS) is 25.3. The monoisotopic (exact) mass is 371 g/mol. The molecular weight excluding hydrogens is 354 g/mol. The number of imide groups is 1. The summed E-state index contributed by atoms with van der Waals surface area (Å²) in [6.07, 6.45) is -0.410. The molecule has 2 aliphatic rings. The number of hydrogen-bond acceptors (Lipinski definition) is 4. The van der Waals surface area contributed by atoms with E-state index in [9.17, 15) is 9.59 Å². The quantitative estimate of drug-likeness (QED) is 0.813. The van der Waals surface area contributed by atoms with Gasteiger partial charge in [0.1, 0.15) is 12.6 Å². The molecule has 2 fully saturated rings. The molecule has 0 aliphatic carbocycles. The molecule has 0 saturated carbocycles. The van der Waals surface area contributed by atoms with Crippen molar-refractivity contribution in [3.05, 3.63) is 70.7 Å². The van der Waals surface area contributed by atoms with Crippen LogP contribution in [0.2, 0.25) is 5.02 Å². The molecule has 0 radical (unpaired) electrons. The van der Waals surface area contributed by atoms with Crippen molar-refractivity contribution >= 4 is 23.6 Å². The van der Waals surface area contributed by atoms with Crippen LogP contribution in [0.25, 0.3) is 0 Å². The van der Waals surface area contributed by atoms with Gasteiger partial charge in [0, 0.05) is 11.6 Å². The second-order valence-electron chi connectivity index (χ2n) is 6.45. The van der Waals surface area contributed by atoms with Gasteiger partial charge in [-0.15, -0.1) is 0 Å². The second kappa shape index (κ2) is 7.09. The average Bonchev–Trinajstić information content (AvgIpc) is 3.29. The van der Waals surface area contributed by atoms with Crippen molar-refractivity contribution in [1.82, 2.24) is 4.90 Å². The van der Waals surface area contributed by atoms with Crippen LogP contribution in [0.1, 0.15) is 29.7 Å². The van der Waals surface area contributed by atoms with E-state index in [2.05, 4.69) is 0 Å². The van der Waals surface area contributed by atoms with E-state index in [1.807, 2.05) is 42.5 Å². The van der Waals surface area contributed by atoms with Gasteiger partial charge in [-0.05, 0) is 29.7 Å². The van der Waals surface area contributed by atoms with Crippen LogP contribution in [0.5, 0.6) is 0 Å². The number of rotatable bonds is 3. The highest BCUT2D eigenvalue weighted by molar-refractivity contribution is 6.30. The molecule has 5 nitrogen and oxygen atoms in total. The molecule has 2 aliphatic heterocycles. The Morgan fingerprint density at radius 1 is 1.04 bits per heavy atom. The fraction of sp³-hybridized carbons (Fsp3) is 0.300. The Labute approximate surface area is 156 Å². The van der Waals surface area contributed by atoms with E-state index in [1.54, 1.807) is 12.1 Å². The number of carbonyl (C=O) groups is 2. The minimum Gasteiger partial charge on any atom is -0.446 e. The van der Waals surface area contributed by atoms with Crippen molar-refractivity contribution < 1.29 is 19.1 Å². The maximum Gasteiger partial charge on any atom is 0.417 e. The first-order valence-corrected chi connectivity index (χ1v) is 8.95. The standard InChI is InChI=1S/C20H18ClNO4/c21-15-8-6-14(7-9-15)18-16(10-11-25-18)19(23)22-17(12-26-20(22)24)13-4-2-1-3-5-13/h1-9,16-18H,10-12H2/t16-,17-,18-/m1/s1. The maximum atomic E-state index is 13.2. The van der Waals surface area contributed by atoms with E-state index >= 15 is 0 Å². The largest absolute Gasteiger partial charge is 0.446 e. The molecular formula is C20H18ClNO4. The Morgan fingerprint density at radius 3 is 2.50 bits per heavy atom. The average molecular weight is 372 g/mol. The predicted octanol–water partition coefficient (Wildman–Crippen LogP) is 4.14. The zero-order chi connectivity index (χ0) is 18.1. The van der Waals surface area contributed by atoms with Crippen LogP contribution in [0, 0.1) is 5.92 Å². The summed E-state index contributed by atoms with van der Waals surface area (Å²) in [6.45, 7) is 0.649. The van der Waals surface area contributed by atoms with Crippen molar-refractivity contribution in [2.75, 3.05) is 13.2 Å². The minimum atomic E-state index is -0.592. The lowest BCUT2D eigenvalue weighted by atomic mass is 9.93. The Bertz CT molecular complexity index is 808. The van der Waals surface area contributed by atoms with Crippen LogP contribution in [0.4, 0.5) is 4.79 Å². The van der Waals surface area contributed by atoms with E-state index < -0.39 is 18.1 Å². The Hall–Kier alpha value is -2.37. The summed E-state index contributed by atoms with van der Waals surface area (Å²) in [6, 6.07) is 16.3. The van der Waals surface area contributed by atoms with Gasteiger partial charge in [-0.1, -0.05) is 54.1 Å². The molecule has 134 valence electrons. The van der Waals surface area contributed by atoms with Gasteiger partial charge in [-0.2, -0.15) is 0 Å². The molecule has 0 bridgehead atoms. The van der Waals surface area contributed by atoms with Crippen molar-refractivity contribution in [2.24, 2.45) is 5.92 Å². The molecule has 26 heavy (non-hydrogen) atoms. The summed E-state index contributed by atoms with van der Waals surface area (Å²) < 4.78 is 11.0. The third kappa shape index (κ3) is 3.08. The van der Waals surface area contributed by atoms with E-state index in [0.717, 1.165) is 11.1 Å². The molecule has 2 saturated heterocycles. The maximum absolute atomic E-state index is 13.2. The predicted molar refractivity (Wildman–Crippen MR) is 95.6 cm³/mol. The highest BCUT2D eigenvalue weighted by Gasteiger charge is 2.45. The van der Waals surface area contributed by atoms with Gasteiger partial charge in [-0.25, -0.2) is 9.69 Å². The van der Waals surface area contributed by atoms with Crippen LogP contribution < -0.4 is 0 Å². The third-order valence-electron chi connectivity index (χ3n) is 4.90. The summed E-state index contributed by atoms with van der Waals surface area (Å²) in [5.74, 6) is -0.674. The molecule has 4 rings (SSSR count). The van der Waals surface area contributed by atoms with Crippen molar-refractivity contribution in [1.29, 1.82) is 0 Å². The Morgan fingerprint density at radius 2 is 1.77 bits per heavy atom. The molecule has 2 aromatic carbocycles. The van der Waals surface area contributed by atoms with Crippen LogP contribution in [-0.2, 0) is 14.3 Å². The SMILES string of the molecule is O=C1OC[C@H](c2ccccc2)N1C(=O)[C@@H]1CCO[C@@H]1c1ccc(Cl)cc1. The van der Waals surface area contributed by atoms with Crippen LogP contribution >= 0.6 is 11.6 Å². The van der Waals surface area contributed by atoms with Gasteiger partial charge in [-0.3, -0.25) is 4.79 Å². The zero-order valence-corrected chi connectivity index (χ0v) is 14.8. The van der Waals surface area contributed by atoms with Crippen molar-refractivity contribution in [3.8, 4) is 0 Å². The molecule has 0 N–H and O–H groups in total. The van der Waals surface area contributed by atoms with Crippen molar-refractivity contribution in [3.63, 3.8) is 0 Å². The molecule has 0 spiro atoms. The number of ether oxygens (including phenoxy) is 2. The number of hydrogen-bond donors (Lipinski definition) is 0. The van der Waals surface area contributed by atoms with Gasteiger partial charge in [0.15, 0.2) is 0 Å². The first-order valence-electron chi connectivity index (χ1n) is 8.57. The zero-order valence-electron chi connectivity index (χ0n) is 14.0. The van der Waals surface area contributed by atoms with Gasteiger partial charge < -0.3 is 9.47 Å². The topological polar surface area (TPSA) is 55.8 Å². The summed E-state index contributed by atoms with van der Waals surface area (Å²) in [5, 5.41) is 0.627. The molecule has 3 atom stereocenters. The molecule has 2 heterocycles. The first-order chi connectivity index (χ1) is 12.6. The minimum absolute atomic E-state index is 0.174. The number of nitrogens with zero attached hydrogens (tertiary/aromatic N) is 1. The van der Waals surface area contributed by atoms with E-state index in [-0.39, 0.29) is 18.6 Å². The van der Waals surface area contributed by atoms with Crippen molar-refractivity contribution in [2.45, 2.75) is 18.6 Å². The van der Waals surface area contributed by atoms with Crippen LogP contribution in [0.15, 0.2) is 54.6 Å². The summed E-state index contributed by atoms with van der Waals surface area (Å²) in [7, 11) is 0. The number of amides is 2. The molecule has 2 amide bonds. The smallest absolute Gasteiger partial charge is 0.417 e. The van der Waals surface area contributed by atoms with Gasteiger partial charge in [0.25, 0.3) is 0 Å². The molecule has 6 heteroatoms. The summed E-state index contributed by atoms with van der Waals surface area (Å²) >= 11 is 5.95. The number of halogens is 1. The lowest BCUT2D eigenvalue weighted by molar-refractivity contribution is -0.135. The molecule has 0 unspecified atom stereocenters.